The number of hydrogen-bond acceptors (Lipinski definition) is 4. The molecule has 1 aliphatic rings. The molecule has 5 nitrogen and oxygen atoms in total. The second kappa shape index (κ2) is 12.2. The van der Waals surface area contributed by atoms with Gasteiger partial charge >= 0.3 is 12.1 Å². The lowest BCUT2D eigenvalue weighted by molar-refractivity contribution is -0.151. The number of carbonyl (C=O) groups excluding carboxylic acids is 2. The molecule has 0 aromatic rings. The Morgan fingerprint density at radius 3 is 2.46 bits per heavy atom. The zero-order chi connectivity index (χ0) is 17.8. The summed E-state index contributed by atoms with van der Waals surface area (Å²) in [6.07, 6.45) is 9.10. The first-order valence-electron chi connectivity index (χ1n) is 9.66. The van der Waals surface area contributed by atoms with Crippen LogP contribution in [0.5, 0.6) is 0 Å². The third-order valence-corrected chi connectivity index (χ3v) is 4.29. The Morgan fingerprint density at radius 2 is 1.75 bits per heavy atom. The maximum Gasteiger partial charge on any atom is 0.410 e. The van der Waals surface area contributed by atoms with Crippen molar-refractivity contribution in [2.75, 3.05) is 19.8 Å². The number of ether oxygens (including phenoxy) is 2. The standard InChI is InChI=1S/C19H35NO4/c1-4-5-6-7-8-11-14-23-19(22)20-13-10-9-12-17(20)18(21)24-15-16(2)3/h16-17H,4-15H2,1-3H3. The molecule has 1 fully saturated rings. The largest absolute Gasteiger partial charge is 0.464 e. The quantitative estimate of drug-likeness (QED) is 0.432. The number of rotatable bonds is 10. The normalized spacial score (nSPS) is 17.8. The highest BCUT2D eigenvalue weighted by Crippen LogP contribution is 2.20. The maximum absolute atomic E-state index is 12.3. The summed E-state index contributed by atoms with van der Waals surface area (Å²) in [4.78, 5) is 26.1. The molecule has 24 heavy (non-hydrogen) atoms. The van der Waals surface area contributed by atoms with Gasteiger partial charge in [0.15, 0.2) is 0 Å². The van der Waals surface area contributed by atoms with Gasteiger partial charge in [-0.15, -0.1) is 0 Å². The van der Waals surface area contributed by atoms with Crippen molar-refractivity contribution in [3.63, 3.8) is 0 Å². The van der Waals surface area contributed by atoms with E-state index in [0.717, 1.165) is 25.7 Å². The van der Waals surface area contributed by atoms with Gasteiger partial charge in [0, 0.05) is 6.54 Å². The van der Waals surface area contributed by atoms with Gasteiger partial charge in [-0.1, -0.05) is 52.9 Å². The second-order valence-corrected chi connectivity index (χ2v) is 7.11. The van der Waals surface area contributed by atoms with Crippen molar-refractivity contribution in [3.8, 4) is 0 Å². The average Bonchev–Trinajstić information content (AvgIpc) is 2.58. The Hall–Kier alpha value is -1.26. The lowest BCUT2D eigenvalue weighted by Gasteiger charge is -2.33. The number of hydrogen-bond donors (Lipinski definition) is 0. The third kappa shape index (κ3) is 8.02. The van der Waals surface area contributed by atoms with Gasteiger partial charge in [0.05, 0.1) is 13.2 Å². The fraction of sp³-hybridized carbons (Fsp3) is 0.895. The van der Waals surface area contributed by atoms with Crippen molar-refractivity contribution in [2.24, 2.45) is 5.92 Å². The highest BCUT2D eigenvalue weighted by molar-refractivity contribution is 5.81. The molecule has 1 rings (SSSR count). The summed E-state index contributed by atoms with van der Waals surface area (Å²) in [5.41, 5.74) is 0. The fourth-order valence-corrected chi connectivity index (χ4v) is 2.86. The first kappa shape index (κ1) is 20.8. The molecule has 0 aliphatic carbocycles. The number of esters is 1. The van der Waals surface area contributed by atoms with Gasteiger partial charge in [0.1, 0.15) is 6.04 Å². The van der Waals surface area contributed by atoms with E-state index in [9.17, 15) is 9.59 Å². The van der Waals surface area contributed by atoms with Crippen molar-refractivity contribution >= 4 is 12.1 Å². The number of amides is 1. The number of likely N-dealkylation sites (tertiary alicyclic amines) is 1. The molecular formula is C19H35NO4. The summed E-state index contributed by atoms with van der Waals surface area (Å²) >= 11 is 0. The van der Waals surface area contributed by atoms with Gasteiger partial charge in [-0.05, 0) is 31.6 Å². The Labute approximate surface area is 147 Å². The van der Waals surface area contributed by atoms with Crippen LogP contribution in [-0.2, 0) is 14.3 Å². The summed E-state index contributed by atoms with van der Waals surface area (Å²) in [7, 11) is 0. The van der Waals surface area contributed by atoms with E-state index >= 15 is 0 Å². The first-order valence-corrected chi connectivity index (χ1v) is 9.66. The summed E-state index contributed by atoms with van der Waals surface area (Å²) in [6, 6.07) is -0.477. The van der Waals surface area contributed by atoms with E-state index in [-0.39, 0.29) is 12.1 Å². The number of unbranched alkanes of at least 4 members (excludes halogenated alkanes) is 5. The molecule has 0 aromatic carbocycles. The zero-order valence-electron chi connectivity index (χ0n) is 15.7. The highest BCUT2D eigenvalue weighted by Gasteiger charge is 2.34. The lowest BCUT2D eigenvalue weighted by atomic mass is 10.0. The molecule has 0 saturated carbocycles. The van der Waals surface area contributed by atoms with Crippen LogP contribution in [0.15, 0.2) is 0 Å². The maximum atomic E-state index is 12.3. The average molecular weight is 341 g/mol. The molecule has 1 heterocycles. The van der Waals surface area contributed by atoms with Crippen molar-refractivity contribution in [2.45, 2.75) is 84.6 Å². The SMILES string of the molecule is CCCCCCCCOC(=O)N1CCCCC1C(=O)OCC(C)C. The molecule has 0 N–H and O–H groups in total. The molecule has 0 radical (unpaired) electrons. The molecule has 0 spiro atoms. The van der Waals surface area contributed by atoms with E-state index in [1.54, 1.807) is 4.90 Å². The molecule has 0 aromatic heterocycles. The predicted molar refractivity (Wildman–Crippen MR) is 94.9 cm³/mol. The lowest BCUT2D eigenvalue weighted by Crippen LogP contribution is -2.49. The monoisotopic (exact) mass is 341 g/mol. The summed E-state index contributed by atoms with van der Waals surface area (Å²) < 4.78 is 10.7. The van der Waals surface area contributed by atoms with Gasteiger partial charge in [-0.2, -0.15) is 0 Å². The first-order chi connectivity index (χ1) is 11.6. The molecule has 140 valence electrons. The minimum Gasteiger partial charge on any atom is -0.464 e. The van der Waals surface area contributed by atoms with Crippen LogP contribution in [0.3, 0.4) is 0 Å². The van der Waals surface area contributed by atoms with Crippen LogP contribution < -0.4 is 0 Å². The van der Waals surface area contributed by atoms with Crippen LogP contribution in [0.1, 0.15) is 78.6 Å². The Kier molecular flexibility index (Phi) is 10.5. The second-order valence-electron chi connectivity index (χ2n) is 7.11. The van der Waals surface area contributed by atoms with Gasteiger partial charge in [0.25, 0.3) is 0 Å². The van der Waals surface area contributed by atoms with Crippen LogP contribution in [0.25, 0.3) is 0 Å². The number of piperidine rings is 1. The Morgan fingerprint density at radius 1 is 1.04 bits per heavy atom. The number of carbonyl (C=O) groups is 2. The Bertz CT molecular complexity index is 370. The van der Waals surface area contributed by atoms with Gasteiger partial charge in [-0.25, -0.2) is 9.59 Å². The number of nitrogens with zero attached hydrogens (tertiary/aromatic N) is 1. The molecule has 1 atom stereocenters. The Balaban J connectivity index is 2.32. The predicted octanol–water partition coefficient (Wildman–Crippen LogP) is 4.54. The molecule has 0 bridgehead atoms. The topological polar surface area (TPSA) is 55.8 Å². The van der Waals surface area contributed by atoms with E-state index in [1.165, 1.54) is 25.7 Å². The highest BCUT2D eigenvalue weighted by atomic mass is 16.6. The van der Waals surface area contributed by atoms with E-state index in [2.05, 4.69) is 6.92 Å². The van der Waals surface area contributed by atoms with Crippen molar-refractivity contribution < 1.29 is 19.1 Å². The zero-order valence-corrected chi connectivity index (χ0v) is 15.7. The van der Waals surface area contributed by atoms with Crippen molar-refractivity contribution in [3.05, 3.63) is 0 Å². The van der Waals surface area contributed by atoms with E-state index in [1.807, 2.05) is 13.8 Å². The minimum absolute atomic E-state index is 0.292. The molecular weight excluding hydrogens is 306 g/mol. The van der Waals surface area contributed by atoms with Crippen LogP contribution in [0, 0.1) is 5.92 Å². The van der Waals surface area contributed by atoms with Crippen LogP contribution in [0.4, 0.5) is 4.79 Å². The van der Waals surface area contributed by atoms with Crippen molar-refractivity contribution in [1.29, 1.82) is 0 Å². The smallest absolute Gasteiger partial charge is 0.410 e. The van der Waals surface area contributed by atoms with Gasteiger partial charge in [0.2, 0.25) is 0 Å². The minimum atomic E-state index is -0.477. The van der Waals surface area contributed by atoms with E-state index < -0.39 is 6.04 Å². The van der Waals surface area contributed by atoms with E-state index in [0.29, 0.717) is 32.1 Å². The summed E-state index contributed by atoms with van der Waals surface area (Å²) in [5.74, 6) is 0.00515. The summed E-state index contributed by atoms with van der Waals surface area (Å²) in [5, 5.41) is 0. The van der Waals surface area contributed by atoms with Crippen LogP contribution in [-0.4, -0.2) is 42.8 Å². The molecule has 1 aliphatic heterocycles. The molecule has 1 amide bonds. The van der Waals surface area contributed by atoms with Crippen molar-refractivity contribution in [1.82, 2.24) is 4.90 Å². The van der Waals surface area contributed by atoms with Crippen LogP contribution >= 0.6 is 0 Å². The third-order valence-electron chi connectivity index (χ3n) is 4.29. The van der Waals surface area contributed by atoms with Gasteiger partial charge in [-0.3, -0.25) is 4.90 Å². The summed E-state index contributed by atoms with van der Waals surface area (Å²) in [6.45, 7) is 7.62. The van der Waals surface area contributed by atoms with Gasteiger partial charge < -0.3 is 9.47 Å². The fourth-order valence-electron chi connectivity index (χ4n) is 2.86. The van der Waals surface area contributed by atoms with Crippen LogP contribution in [0.2, 0.25) is 0 Å². The molecule has 1 unspecified atom stereocenters. The van der Waals surface area contributed by atoms with E-state index in [4.69, 9.17) is 9.47 Å². The molecule has 5 heteroatoms. The molecule has 1 saturated heterocycles.